The Morgan fingerprint density at radius 3 is 2.70 bits per heavy atom. The molecule has 0 aliphatic carbocycles. The summed E-state index contributed by atoms with van der Waals surface area (Å²) in [5, 5.41) is 6.12. The van der Waals surface area contributed by atoms with E-state index in [0.717, 1.165) is 23.5 Å². The molecule has 2 fully saturated rings. The fourth-order valence-corrected chi connectivity index (χ4v) is 4.43. The van der Waals surface area contributed by atoms with Gasteiger partial charge in [0.25, 0.3) is 5.91 Å². The number of hydrogen-bond acceptors (Lipinski definition) is 5. The van der Waals surface area contributed by atoms with Gasteiger partial charge < -0.3 is 10.2 Å². The summed E-state index contributed by atoms with van der Waals surface area (Å²) < 4.78 is 0. The minimum absolute atomic E-state index is 0.108. The van der Waals surface area contributed by atoms with Crippen molar-refractivity contribution in [1.82, 2.24) is 15.5 Å². The summed E-state index contributed by atoms with van der Waals surface area (Å²) in [6.07, 6.45) is 0.686. The van der Waals surface area contributed by atoms with Gasteiger partial charge in [-0.3, -0.25) is 19.7 Å². The second kappa shape index (κ2) is 5.65. The van der Waals surface area contributed by atoms with Gasteiger partial charge in [0, 0.05) is 41.8 Å². The highest BCUT2D eigenvalue weighted by atomic mass is 32.2. The number of benzene rings is 1. The Labute approximate surface area is 138 Å². The van der Waals surface area contributed by atoms with Gasteiger partial charge in [-0.05, 0) is 24.1 Å². The van der Waals surface area contributed by atoms with Crippen molar-refractivity contribution in [2.45, 2.75) is 35.6 Å². The second-order valence-electron chi connectivity index (χ2n) is 6.08. The number of thioether (sulfide) groups is 1. The third kappa shape index (κ3) is 2.53. The van der Waals surface area contributed by atoms with Gasteiger partial charge in [-0.25, -0.2) is 0 Å². The largest absolute Gasteiger partial charge is 0.322 e. The van der Waals surface area contributed by atoms with Crippen molar-refractivity contribution in [2.75, 3.05) is 13.1 Å². The number of hydrogen-bond donors (Lipinski definition) is 2. The molecule has 0 bridgehead atoms. The lowest BCUT2D eigenvalue weighted by Gasteiger charge is -2.29. The zero-order chi connectivity index (χ0) is 16.0. The predicted octanol–water partition coefficient (Wildman–Crippen LogP) is 0.512. The SMILES string of the molecule is O=C1CCC(N2Cc3c(SC4CNC4)cccc3C2=O)C(=O)N1. The average Bonchev–Trinajstić information content (AvgIpc) is 2.81. The van der Waals surface area contributed by atoms with Crippen LogP contribution >= 0.6 is 11.8 Å². The molecule has 3 amide bonds. The van der Waals surface area contributed by atoms with Crippen LogP contribution in [-0.2, 0) is 16.1 Å². The van der Waals surface area contributed by atoms with Crippen molar-refractivity contribution >= 4 is 29.5 Å². The van der Waals surface area contributed by atoms with Gasteiger partial charge in [-0.15, -0.1) is 11.8 Å². The summed E-state index contributed by atoms with van der Waals surface area (Å²) in [5.41, 5.74) is 1.70. The number of fused-ring (bicyclic) bond motifs is 1. The standard InChI is InChI=1S/C16H17N3O3S/c20-14-5-4-12(15(21)18-14)19-8-11-10(16(19)22)2-1-3-13(11)23-9-6-17-7-9/h1-3,9,12,17H,4-8H2,(H,18,20,21). The molecular weight excluding hydrogens is 314 g/mol. The molecule has 7 heteroatoms. The Bertz CT molecular complexity index is 702. The van der Waals surface area contributed by atoms with Crippen LogP contribution in [0.1, 0.15) is 28.8 Å². The first-order chi connectivity index (χ1) is 11.1. The van der Waals surface area contributed by atoms with E-state index < -0.39 is 6.04 Å². The summed E-state index contributed by atoms with van der Waals surface area (Å²) in [4.78, 5) is 38.8. The molecule has 0 radical (unpaired) electrons. The number of imide groups is 1. The maximum absolute atomic E-state index is 12.7. The Hall–Kier alpha value is -1.86. The first kappa shape index (κ1) is 14.7. The van der Waals surface area contributed by atoms with Crippen LogP contribution in [0.5, 0.6) is 0 Å². The zero-order valence-corrected chi connectivity index (χ0v) is 13.3. The maximum atomic E-state index is 12.7. The van der Waals surface area contributed by atoms with Crippen LogP contribution in [0.25, 0.3) is 0 Å². The number of nitrogens with one attached hydrogen (secondary N) is 2. The minimum atomic E-state index is -0.546. The van der Waals surface area contributed by atoms with E-state index in [-0.39, 0.29) is 24.1 Å². The number of amides is 3. The fraction of sp³-hybridized carbons (Fsp3) is 0.438. The molecule has 3 aliphatic rings. The van der Waals surface area contributed by atoms with E-state index in [1.807, 2.05) is 18.2 Å². The van der Waals surface area contributed by atoms with Crippen LogP contribution in [0.15, 0.2) is 23.1 Å². The summed E-state index contributed by atoms with van der Waals surface area (Å²) in [6.45, 7) is 2.42. The summed E-state index contributed by atoms with van der Waals surface area (Å²) >= 11 is 1.79. The van der Waals surface area contributed by atoms with Gasteiger partial charge >= 0.3 is 0 Å². The lowest BCUT2D eigenvalue weighted by Crippen LogP contribution is -2.52. The molecule has 4 rings (SSSR count). The third-order valence-corrected chi connectivity index (χ3v) is 5.88. The van der Waals surface area contributed by atoms with E-state index in [1.54, 1.807) is 16.7 Å². The lowest BCUT2D eigenvalue weighted by molar-refractivity contribution is -0.136. The van der Waals surface area contributed by atoms with Crippen LogP contribution < -0.4 is 10.6 Å². The van der Waals surface area contributed by atoms with E-state index in [2.05, 4.69) is 10.6 Å². The van der Waals surface area contributed by atoms with Crippen LogP contribution in [0.2, 0.25) is 0 Å². The lowest BCUT2D eigenvalue weighted by atomic mass is 10.0. The normalized spacial score (nSPS) is 24.4. The Morgan fingerprint density at radius 2 is 2.00 bits per heavy atom. The molecule has 1 aromatic rings. The smallest absolute Gasteiger partial charge is 0.255 e. The monoisotopic (exact) mass is 331 g/mol. The van der Waals surface area contributed by atoms with E-state index >= 15 is 0 Å². The molecule has 1 atom stereocenters. The first-order valence-electron chi connectivity index (χ1n) is 7.77. The molecular formula is C16H17N3O3S. The van der Waals surface area contributed by atoms with Crippen LogP contribution in [-0.4, -0.2) is 47.0 Å². The molecule has 1 aromatic carbocycles. The Balaban J connectivity index is 1.58. The number of carbonyl (C=O) groups excluding carboxylic acids is 3. The van der Waals surface area contributed by atoms with Gasteiger partial charge in [-0.2, -0.15) is 0 Å². The summed E-state index contributed by atoms with van der Waals surface area (Å²) in [7, 11) is 0. The molecule has 0 spiro atoms. The van der Waals surface area contributed by atoms with Gasteiger partial charge in [0.15, 0.2) is 0 Å². The molecule has 2 saturated heterocycles. The average molecular weight is 331 g/mol. The third-order valence-electron chi connectivity index (χ3n) is 4.58. The highest BCUT2D eigenvalue weighted by Gasteiger charge is 2.40. The molecule has 0 aromatic heterocycles. The molecule has 23 heavy (non-hydrogen) atoms. The summed E-state index contributed by atoms with van der Waals surface area (Å²) in [5.74, 6) is -0.729. The number of nitrogens with zero attached hydrogens (tertiary/aromatic N) is 1. The van der Waals surface area contributed by atoms with E-state index in [9.17, 15) is 14.4 Å². The van der Waals surface area contributed by atoms with Crippen LogP contribution in [0, 0.1) is 0 Å². The predicted molar refractivity (Wildman–Crippen MR) is 85.0 cm³/mol. The molecule has 0 saturated carbocycles. The van der Waals surface area contributed by atoms with Crippen molar-refractivity contribution in [2.24, 2.45) is 0 Å². The highest BCUT2D eigenvalue weighted by molar-refractivity contribution is 8.00. The molecule has 6 nitrogen and oxygen atoms in total. The zero-order valence-electron chi connectivity index (χ0n) is 12.5. The second-order valence-corrected chi connectivity index (χ2v) is 7.42. The highest BCUT2D eigenvalue weighted by Crippen LogP contribution is 2.36. The summed E-state index contributed by atoms with van der Waals surface area (Å²) in [6, 6.07) is 5.23. The fourth-order valence-electron chi connectivity index (χ4n) is 3.19. The number of rotatable bonds is 3. The molecule has 120 valence electrons. The van der Waals surface area contributed by atoms with Crippen LogP contribution in [0.4, 0.5) is 0 Å². The van der Waals surface area contributed by atoms with Crippen molar-refractivity contribution < 1.29 is 14.4 Å². The molecule has 3 heterocycles. The molecule has 3 aliphatic heterocycles. The van der Waals surface area contributed by atoms with Crippen molar-refractivity contribution in [3.63, 3.8) is 0 Å². The van der Waals surface area contributed by atoms with Gasteiger partial charge in [-0.1, -0.05) is 6.07 Å². The van der Waals surface area contributed by atoms with Gasteiger partial charge in [0.2, 0.25) is 11.8 Å². The quantitative estimate of drug-likeness (QED) is 0.789. The maximum Gasteiger partial charge on any atom is 0.255 e. The van der Waals surface area contributed by atoms with E-state index in [0.29, 0.717) is 23.8 Å². The van der Waals surface area contributed by atoms with E-state index in [4.69, 9.17) is 0 Å². The van der Waals surface area contributed by atoms with Crippen molar-refractivity contribution in [3.05, 3.63) is 29.3 Å². The molecule has 2 N–H and O–H groups in total. The molecule has 1 unspecified atom stereocenters. The van der Waals surface area contributed by atoms with Crippen molar-refractivity contribution in [1.29, 1.82) is 0 Å². The van der Waals surface area contributed by atoms with Crippen molar-refractivity contribution in [3.8, 4) is 0 Å². The first-order valence-corrected chi connectivity index (χ1v) is 8.65. The topological polar surface area (TPSA) is 78.5 Å². The Morgan fingerprint density at radius 1 is 1.17 bits per heavy atom. The van der Waals surface area contributed by atoms with E-state index in [1.165, 1.54) is 0 Å². The van der Waals surface area contributed by atoms with Gasteiger partial charge in [0.1, 0.15) is 6.04 Å². The van der Waals surface area contributed by atoms with Gasteiger partial charge in [0.05, 0.1) is 0 Å². The number of piperidine rings is 1. The van der Waals surface area contributed by atoms with Crippen LogP contribution in [0.3, 0.4) is 0 Å². The minimum Gasteiger partial charge on any atom is -0.322 e. The number of carbonyl (C=O) groups is 3. The Kier molecular flexibility index (Phi) is 3.61.